The Morgan fingerprint density at radius 3 is 2.56 bits per heavy atom. The van der Waals surface area contributed by atoms with Gasteiger partial charge in [0, 0.05) is 11.1 Å². The second-order valence-corrected chi connectivity index (χ2v) is 5.66. The molecule has 0 fully saturated rings. The number of aromatic nitrogens is 1. The number of hydrogen-bond acceptors (Lipinski definition) is 4. The quantitative estimate of drug-likeness (QED) is 0.728. The van der Waals surface area contributed by atoms with Gasteiger partial charge >= 0.3 is 5.97 Å². The Labute approximate surface area is 145 Å². The van der Waals surface area contributed by atoms with Crippen molar-refractivity contribution >= 4 is 22.8 Å². The Balaban J connectivity index is 1.62. The van der Waals surface area contributed by atoms with Crippen molar-refractivity contribution in [2.45, 2.75) is 13.5 Å². The minimum atomic E-state index is -0.479. The first-order valence-electron chi connectivity index (χ1n) is 7.97. The second-order valence-electron chi connectivity index (χ2n) is 5.66. The number of rotatable bonds is 5. The zero-order valence-electron chi connectivity index (χ0n) is 13.9. The van der Waals surface area contributed by atoms with E-state index in [9.17, 15) is 9.59 Å². The van der Waals surface area contributed by atoms with E-state index in [0.717, 1.165) is 22.2 Å². The Morgan fingerprint density at radius 2 is 1.76 bits per heavy atom. The first-order chi connectivity index (χ1) is 12.1. The van der Waals surface area contributed by atoms with E-state index < -0.39 is 5.97 Å². The lowest BCUT2D eigenvalue weighted by molar-refractivity contribution is -0.143. The smallest absolute Gasteiger partial charge is 0.325 e. The topological polar surface area (TPSA) is 68.3 Å². The number of carbonyl (C=O) groups is 2. The van der Waals surface area contributed by atoms with Crippen molar-refractivity contribution in [3.8, 4) is 0 Å². The maximum Gasteiger partial charge on any atom is 0.325 e. The van der Waals surface area contributed by atoms with Gasteiger partial charge in [-0.25, -0.2) is 0 Å². The van der Waals surface area contributed by atoms with Gasteiger partial charge in [0.15, 0.2) is 0 Å². The van der Waals surface area contributed by atoms with Gasteiger partial charge in [0.2, 0.25) is 0 Å². The summed E-state index contributed by atoms with van der Waals surface area (Å²) >= 11 is 0. The molecular weight excluding hydrogens is 316 g/mol. The van der Waals surface area contributed by atoms with Gasteiger partial charge in [-0.3, -0.25) is 14.6 Å². The standard InChI is InChI=1S/C20H18N2O3/c1-14-11-17(16-9-5-6-10-18(16)22-14)20(24)21-12-19(23)25-13-15-7-3-2-4-8-15/h2-11H,12-13H2,1H3,(H,21,24). The lowest BCUT2D eigenvalue weighted by Gasteiger charge is -2.09. The van der Waals surface area contributed by atoms with Gasteiger partial charge in [0.25, 0.3) is 5.91 Å². The molecule has 25 heavy (non-hydrogen) atoms. The molecule has 0 spiro atoms. The molecule has 0 bridgehead atoms. The number of carbonyl (C=O) groups excluding carboxylic acids is 2. The number of esters is 1. The molecular formula is C20H18N2O3. The number of nitrogens with one attached hydrogen (secondary N) is 1. The first kappa shape index (κ1) is 16.6. The van der Waals surface area contributed by atoms with Crippen LogP contribution in [0.3, 0.4) is 0 Å². The number of pyridine rings is 1. The molecule has 1 N–H and O–H groups in total. The molecule has 0 aliphatic carbocycles. The van der Waals surface area contributed by atoms with E-state index in [1.807, 2.05) is 61.5 Å². The van der Waals surface area contributed by atoms with Crippen LogP contribution in [0, 0.1) is 6.92 Å². The number of amides is 1. The highest BCUT2D eigenvalue weighted by Gasteiger charge is 2.13. The zero-order valence-corrected chi connectivity index (χ0v) is 13.9. The average molecular weight is 334 g/mol. The third kappa shape index (κ3) is 4.20. The molecule has 5 heteroatoms. The summed E-state index contributed by atoms with van der Waals surface area (Å²) < 4.78 is 5.16. The number of nitrogens with zero attached hydrogens (tertiary/aromatic N) is 1. The van der Waals surface area contributed by atoms with Crippen LogP contribution in [0.25, 0.3) is 10.9 Å². The van der Waals surface area contributed by atoms with Gasteiger partial charge in [-0.2, -0.15) is 0 Å². The van der Waals surface area contributed by atoms with Crippen molar-refractivity contribution in [2.75, 3.05) is 6.54 Å². The van der Waals surface area contributed by atoms with Crippen LogP contribution in [-0.4, -0.2) is 23.4 Å². The summed E-state index contributed by atoms with van der Waals surface area (Å²) in [7, 11) is 0. The van der Waals surface area contributed by atoms with Crippen molar-refractivity contribution in [1.29, 1.82) is 0 Å². The van der Waals surface area contributed by atoms with Crippen LogP contribution in [-0.2, 0) is 16.1 Å². The van der Waals surface area contributed by atoms with Crippen LogP contribution >= 0.6 is 0 Å². The monoisotopic (exact) mass is 334 g/mol. The molecule has 1 aromatic heterocycles. The van der Waals surface area contributed by atoms with Crippen molar-refractivity contribution in [1.82, 2.24) is 10.3 Å². The minimum Gasteiger partial charge on any atom is -0.460 e. The lowest BCUT2D eigenvalue weighted by Crippen LogP contribution is -2.30. The Morgan fingerprint density at radius 1 is 1.04 bits per heavy atom. The second kappa shape index (κ2) is 7.57. The van der Waals surface area contributed by atoms with E-state index in [1.54, 1.807) is 6.07 Å². The highest BCUT2D eigenvalue weighted by atomic mass is 16.5. The molecule has 0 unspecified atom stereocenters. The molecule has 0 radical (unpaired) electrons. The molecule has 3 rings (SSSR count). The van der Waals surface area contributed by atoms with Crippen LogP contribution in [0.15, 0.2) is 60.7 Å². The van der Waals surface area contributed by atoms with E-state index >= 15 is 0 Å². The summed E-state index contributed by atoms with van der Waals surface area (Å²) in [6, 6.07) is 18.5. The van der Waals surface area contributed by atoms with E-state index in [4.69, 9.17) is 4.74 Å². The number of ether oxygens (including phenoxy) is 1. The molecule has 0 saturated carbocycles. The fraction of sp³-hybridized carbons (Fsp3) is 0.150. The summed E-state index contributed by atoms with van der Waals surface area (Å²) in [5.74, 6) is -0.800. The number of fused-ring (bicyclic) bond motifs is 1. The van der Waals surface area contributed by atoms with Crippen LogP contribution < -0.4 is 5.32 Å². The first-order valence-corrected chi connectivity index (χ1v) is 7.97. The average Bonchev–Trinajstić information content (AvgIpc) is 2.64. The van der Waals surface area contributed by atoms with Crippen LogP contribution in [0.4, 0.5) is 0 Å². The number of aryl methyl sites for hydroxylation is 1. The summed E-state index contributed by atoms with van der Waals surface area (Å²) in [6.07, 6.45) is 0. The molecule has 1 heterocycles. The van der Waals surface area contributed by atoms with Gasteiger partial charge < -0.3 is 10.1 Å². The molecule has 0 aliphatic heterocycles. The zero-order chi connectivity index (χ0) is 17.6. The summed E-state index contributed by atoms with van der Waals surface area (Å²) in [6.45, 7) is 1.84. The third-order valence-electron chi connectivity index (χ3n) is 3.72. The minimum absolute atomic E-state index is 0.179. The van der Waals surface area contributed by atoms with E-state index in [0.29, 0.717) is 5.56 Å². The predicted molar refractivity (Wildman–Crippen MR) is 95.1 cm³/mol. The highest BCUT2D eigenvalue weighted by molar-refractivity contribution is 6.06. The van der Waals surface area contributed by atoms with E-state index in [1.165, 1.54) is 0 Å². The Bertz CT molecular complexity index is 907. The highest BCUT2D eigenvalue weighted by Crippen LogP contribution is 2.18. The normalized spacial score (nSPS) is 10.4. The molecule has 0 atom stereocenters. The van der Waals surface area contributed by atoms with Gasteiger partial charge in [0.1, 0.15) is 13.2 Å². The van der Waals surface area contributed by atoms with Crippen molar-refractivity contribution in [3.05, 3.63) is 77.5 Å². The molecule has 5 nitrogen and oxygen atoms in total. The molecule has 0 aliphatic rings. The van der Waals surface area contributed by atoms with E-state index in [-0.39, 0.29) is 19.1 Å². The summed E-state index contributed by atoms with van der Waals surface area (Å²) in [4.78, 5) is 28.7. The molecule has 2 aromatic carbocycles. The maximum atomic E-state index is 12.4. The number of para-hydroxylation sites is 1. The summed E-state index contributed by atoms with van der Waals surface area (Å²) in [5.41, 5.74) is 2.90. The molecule has 3 aromatic rings. The van der Waals surface area contributed by atoms with Gasteiger partial charge in [-0.1, -0.05) is 48.5 Å². The van der Waals surface area contributed by atoms with Gasteiger partial charge in [-0.15, -0.1) is 0 Å². The Kier molecular flexibility index (Phi) is 5.04. The molecule has 126 valence electrons. The number of hydrogen-bond donors (Lipinski definition) is 1. The van der Waals surface area contributed by atoms with Crippen LogP contribution in [0.1, 0.15) is 21.6 Å². The van der Waals surface area contributed by atoms with Gasteiger partial charge in [-0.05, 0) is 24.6 Å². The lowest BCUT2D eigenvalue weighted by atomic mass is 10.1. The van der Waals surface area contributed by atoms with Crippen molar-refractivity contribution < 1.29 is 14.3 Å². The molecule has 0 saturated heterocycles. The fourth-order valence-corrected chi connectivity index (χ4v) is 2.53. The summed E-state index contributed by atoms with van der Waals surface area (Å²) in [5, 5.41) is 3.37. The van der Waals surface area contributed by atoms with Gasteiger partial charge in [0.05, 0.1) is 11.1 Å². The number of benzene rings is 2. The maximum absolute atomic E-state index is 12.4. The largest absolute Gasteiger partial charge is 0.460 e. The fourth-order valence-electron chi connectivity index (χ4n) is 2.53. The van der Waals surface area contributed by atoms with Crippen LogP contribution in [0.5, 0.6) is 0 Å². The van der Waals surface area contributed by atoms with Crippen molar-refractivity contribution in [3.63, 3.8) is 0 Å². The SMILES string of the molecule is Cc1cc(C(=O)NCC(=O)OCc2ccccc2)c2ccccc2n1. The molecule has 1 amide bonds. The van der Waals surface area contributed by atoms with Crippen molar-refractivity contribution in [2.24, 2.45) is 0 Å². The Hall–Kier alpha value is -3.21. The third-order valence-corrected chi connectivity index (χ3v) is 3.72. The van der Waals surface area contributed by atoms with E-state index in [2.05, 4.69) is 10.3 Å². The predicted octanol–water partition coefficient (Wildman–Crippen LogP) is 3.02. The van der Waals surface area contributed by atoms with Crippen LogP contribution in [0.2, 0.25) is 0 Å².